The van der Waals surface area contributed by atoms with Crippen molar-refractivity contribution in [2.75, 3.05) is 26.3 Å². The number of nitrogens with zero attached hydrogens (tertiary/aromatic N) is 1. The van der Waals surface area contributed by atoms with Crippen LogP contribution in [0.4, 0.5) is 0 Å². The maximum absolute atomic E-state index is 12.2. The first-order chi connectivity index (χ1) is 11.9. The smallest absolute Gasteiger partial charge is 0.306 e. The molecule has 0 bridgehead atoms. The monoisotopic (exact) mass is 345 g/mol. The molecule has 1 heterocycles. The number of morpholine rings is 1. The van der Waals surface area contributed by atoms with Crippen molar-refractivity contribution < 1.29 is 14.3 Å². The Bertz CT molecular complexity index is 569. The Morgan fingerprint density at radius 3 is 2.44 bits per heavy atom. The van der Waals surface area contributed by atoms with Gasteiger partial charge in [0, 0.05) is 18.8 Å². The van der Waals surface area contributed by atoms with Crippen molar-refractivity contribution in [2.24, 2.45) is 5.92 Å². The summed E-state index contributed by atoms with van der Waals surface area (Å²) in [6.07, 6.45) is 3.55. The Kier molecular flexibility index (Phi) is 7.06. The molecule has 1 aromatic rings. The highest BCUT2D eigenvalue weighted by Crippen LogP contribution is 2.25. The number of esters is 1. The third-order valence-electron chi connectivity index (χ3n) is 4.19. The van der Waals surface area contributed by atoms with Crippen LogP contribution in [0, 0.1) is 5.92 Å². The van der Waals surface area contributed by atoms with E-state index in [2.05, 4.69) is 42.2 Å². The van der Waals surface area contributed by atoms with Crippen molar-refractivity contribution in [2.45, 2.75) is 46.1 Å². The molecule has 1 aromatic carbocycles. The van der Waals surface area contributed by atoms with Gasteiger partial charge in [-0.3, -0.25) is 4.79 Å². The van der Waals surface area contributed by atoms with Crippen molar-refractivity contribution in [3.05, 3.63) is 42.0 Å². The highest BCUT2D eigenvalue weighted by molar-refractivity contribution is 5.71. The number of ether oxygens (including phenoxy) is 2. The normalized spacial score (nSPS) is 17.3. The first-order valence-electron chi connectivity index (χ1n) is 9.21. The molecule has 2 rings (SSSR count). The van der Waals surface area contributed by atoms with Crippen LogP contribution < -0.4 is 0 Å². The molecule has 25 heavy (non-hydrogen) atoms. The van der Waals surface area contributed by atoms with Gasteiger partial charge in [-0.05, 0) is 38.7 Å². The van der Waals surface area contributed by atoms with E-state index in [-0.39, 0.29) is 11.9 Å². The summed E-state index contributed by atoms with van der Waals surface area (Å²) in [4.78, 5) is 14.6. The van der Waals surface area contributed by atoms with Crippen LogP contribution in [0.1, 0.15) is 46.1 Å². The molecule has 0 N–H and O–H groups in total. The molecule has 1 fully saturated rings. The Morgan fingerprint density at radius 2 is 1.88 bits per heavy atom. The van der Waals surface area contributed by atoms with Crippen LogP contribution in [0.25, 0.3) is 5.70 Å². The van der Waals surface area contributed by atoms with E-state index in [9.17, 15) is 4.79 Å². The highest BCUT2D eigenvalue weighted by atomic mass is 16.6. The lowest BCUT2D eigenvalue weighted by molar-refractivity contribution is -0.155. The maximum atomic E-state index is 12.2. The van der Waals surface area contributed by atoms with Crippen LogP contribution in [0.15, 0.2) is 36.4 Å². The van der Waals surface area contributed by atoms with Gasteiger partial charge in [0.2, 0.25) is 0 Å². The van der Waals surface area contributed by atoms with Crippen molar-refractivity contribution >= 4 is 11.7 Å². The second-order valence-corrected chi connectivity index (χ2v) is 7.48. The molecule has 138 valence electrons. The predicted octanol–water partition coefficient (Wildman–Crippen LogP) is 4.12. The summed E-state index contributed by atoms with van der Waals surface area (Å²) in [6, 6.07) is 10.4. The number of benzene rings is 1. The zero-order valence-corrected chi connectivity index (χ0v) is 16.0. The van der Waals surface area contributed by atoms with Crippen LogP contribution in [-0.4, -0.2) is 42.8 Å². The molecular formula is C21H31NO3. The number of carbonyl (C=O) groups excluding carboxylic acids is 1. The van der Waals surface area contributed by atoms with Crippen LogP contribution in [-0.2, 0) is 14.3 Å². The molecule has 0 amide bonds. The first-order valence-corrected chi connectivity index (χ1v) is 9.21. The Balaban J connectivity index is 2.19. The number of hydrogen-bond donors (Lipinski definition) is 0. The van der Waals surface area contributed by atoms with E-state index in [0.717, 1.165) is 32.7 Å². The summed E-state index contributed by atoms with van der Waals surface area (Å²) in [5, 5.41) is 0. The van der Waals surface area contributed by atoms with E-state index in [1.807, 2.05) is 26.8 Å². The van der Waals surface area contributed by atoms with E-state index in [1.54, 1.807) is 0 Å². The maximum Gasteiger partial charge on any atom is 0.306 e. The fourth-order valence-electron chi connectivity index (χ4n) is 2.94. The lowest BCUT2D eigenvalue weighted by Gasteiger charge is -2.32. The average Bonchev–Trinajstić information content (AvgIpc) is 2.58. The molecule has 0 aliphatic carbocycles. The second kappa shape index (κ2) is 9.04. The Hall–Kier alpha value is -1.81. The van der Waals surface area contributed by atoms with Gasteiger partial charge in [-0.15, -0.1) is 0 Å². The molecule has 0 radical (unpaired) electrons. The van der Waals surface area contributed by atoms with Gasteiger partial charge >= 0.3 is 5.97 Å². The third-order valence-corrected chi connectivity index (χ3v) is 4.19. The van der Waals surface area contributed by atoms with Crippen molar-refractivity contribution in [1.29, 1.82) is 0 Å². The van der Waals surface area contributed by atoms with Crippen LogP contribution in [0.3, 0.4) is 0 Å². The zero-order valence-electron chi connectivity index (χ0n) is 16.0. The molecule has 1 aliphatic rings. The van der Waals surface area contributed by atoms with E-state index in [1.165, 1.54) is 11.3 Å². The number of allylic oxidation sites excluding steroid dienone is 1. The van der Waals surface area contributed by atoms with Gasteiger partial charge in [0.25, 0.3) is 0 Å². The van der Waals surface area contributed by atoms with Crippen molar-refractivity contribution in [3.63, 3.8) is 0 Å². The average molecular weight is 345 g/mol. The first kappa shape index (κ1) is 19.5. The Morgan fingerprint density at radius 1 is 1.24 bits per heavy atom. The summed E-state index contributed by atoms with van der Waals surface area (Å²) >= 11 is 0. The molecule has 1 saturated heterocycles. The largest absolute Gasteiger partial charge is 0.460 e. The third kappa shape index (κ3) is 6.54. The topological polar surface area (TPSA) is 38.8 Å². The van der Waals surface area contributed by atoms with Gasteiger partial charge in [0.15, 0.2) is 0 Å². The van der Waals surface area contributed by atoms with E-state index in [4.69, 9.17) is 9.47 Å². The van der Waals surface area contributed by atoms with Crippen LogP contribution >= 0.6 is 0 Å². The standard InChI is InChI=1S/C21H31NO3/c1-5-17(16-20(23)25-21(2,3)4)15-19(18-9-7-6-8-10-18)22-11-13-24-14-12-22/h6-10,15,17H,5,11-14,16H2,1-4H3/b19-15+/t17-/m1/s1. The minimum Gasteiger partial charge on any atom is -0.460 e. The lowest BCUT2D eigenvalue weighted by atomic mass is 9.98. The fraction of sp³-hybridized carbons (Fsp3) is 0.571. The van der Waals surface area contributed by atoms with E-state index in [0.29, 0.717) is 6.42 Å². The van der Waals surface area contributed by atoms with Gasteiger partial charge in [-0.1, -0.05) is 43.3 Å². The molecule has 4 nitrogen and oxygen atoms in total. The SMILES string of the molecule is CC[C@H](/C=C(\c1ccccc1)N1CCOCC1)CC(=O)OC(C)(C)C. The van der Waals surface area contributed by atoms with Gasteiger partial charge in [0.05, 0.1) is 19.6 Å². The quantitative estimate of drug-likeness (QED) is 0.727. The lowest BCUT2D eigenvalue weighted by Crippen LogP contribution is -2.35. The number of hydrogen-bond acceptors (Lipinski definition) is 4. The zero-order chi connectivity index (χ0) is 18.3. The molecular weight excluding hydrogens is 314 g/mol. The molecule has 4 heteroatoms. The van der Waals surface area contributed by atoms with Crippen LogP contribution in [0.5, 0.6) is 0 Å². The van der Waals surface area contributed by atoms with Gasteiger partial charge in [-0.25, -0.2) is 0 Å². The number of carbonyl (C=O) groups is 1. The molecule has 1 aliphatic heterocycles. The molecule has 1 atom stereocenters. The summed E-state index contributed by atoms with van der Waals surface area (Å²) in [7, 11) is 0. The number of rotatable bonds is 6. The fourth-order valence-corrected chi connectivity index (χ4v) is 2.94. The molecule has 0 saturated carbocycles. The second-order valence-electron chi connectivity index (χ2n) is 7.48. The minimum absolute atomic E-state index is 0.134. The Labute approximate surface area is 151 Å². The highest BCUT2D eigenvalue weighted by Gasteiger charge is 2.21. The van der Waals surface area contributed by atoms with Gasteiger partial charge < -0.3 is 14.4 Å². The van der Waals surface area contributed by atoms with Crippen molar-refractivity contribution in [3.8, 4) is 0 Å². The minimum atomic E-state index is -0.439. The summed E-state index contributed by atoms with van der Waals surface area (Å²) in [5.41, 5.74) is 1.94. The molecule has 0 unspecified atom stereocenters. The van der Waals surface area contributed by atoms with E-state index >= 15 is 0 Å². The van der Waals surface area contributed by atoms with Crippen molar-refractivity contribution in [1.82, 2.24) is 4.90 Å². The summed E-state index contributed by atoms with van der Waals surface area (Å²) < 4.78 is 11.0. The predicted molar refractivity (Wildman–Crippen MR) is 101 cm³/mol. The van der Waals surface area contributed by atoms with Gasteiger partial charge in [-0.2, -0.15) is 0 Å². The summed E-state index contributed by atoms with van der Waals surface area (Å²) in [5.74, 6) is 0.0258. The summed E-state index contributed by atoms with van der Waals surface area (Å²) in [6.45, 7) is 11.1. The molecule has 0 aromatic heterocycles. The van der Waals surface area contributed by atoms with E-state index < -0.39 is 5.60 Å². The van der Waals surface area contributed by atoms with Crippen LogP contribution in [0.2, 0.25) is 0 Å². The van der Waals surface area contributed by atoms with Gasteiger partial charge in [0.1, 0.15) is 5.60 Å². The molecule has 0 spiro atoms.